The predicted octanol–water partition coefficient (Wildman–Crippen LogP) is 6.29. The van der Waals surface area contributed by atoms with Crippen molar-refractivity contribution in [2.45, 2.75) is 84.4 Å². The first-order valence-corrected chi connectivity index (χ1v) is 13.3. The quantitative estimate of drug-likeness (QED) is 0.345. The number of rotatable bonds is 5. The van der Waals surface area contributed by atoms with E-state index in [0.29, 0.717) is 16.6 Å². The molecule has 0 radical (unpaired) electrons. The van der Waals surface area contributed by atoms with Crippen LogP contribution >= 0.6 is 11.6 Å². The summed E-state index contributed by atoms with van der Waals surface area (Å²) >= 11 is 6.28. The second-order valence-corrected chi connectivity index (χ2v) is 10.5. The Balaban J connectivity index is 1.83. The number of allylic oxidation sites excluding steroid dienone is 2. The van der Waals surface area contributed by atoms with E-state index in [1.165, 1.54) is 37.5 Å². The lowest BCUT2D eigenvalue weighted by atomic mass is 9.87. The largest absolute Gasteiger partial charge is 0.469 e. The van der Waals surface area contributed by atoms with E-state index in [9.17, 15) is 4.39 Å². The normalized spacial score (nSPS) is 26.5. The molecule has 3 aliphatic rings. The summed E-state index contributed by atoms with van der Waals surface area (Å²) in [5.74, 6) is 0.596. The lowest BCUT2D eigenvalue weighted by Crippen LogP contribution is -2.58. The monoisotopic (exact) mass is 529 g/mol. The Labute approximate surface area is 223 Å². The van der Waals surface area contributed by atoms with E-state index < -0.39 is 11.4 Å². The van der Waals surface area contributed by atoms with Gasteiger partial charge in [-0.2, -0.15) is 5.10 Å². The van der Waals surface area contributed by atoms with Crippen LogP contribution < -0.4 is 11.1 Å². The fraction of sp³-hybridized carbons (Fsp3) is 0.500. The highest BCUT2D eigenvalue weighted by Gasteiger charge is 2.49. The third-order valence-corrected chi connectivity index (χ3v) is 7.69. The summed E-state index contributed by atoms with van der Waals surface area (Å²) in [6, 6.07) is 4.33. The molecule has 4 rings (SSSR count). The van der Waals surface area contributed by atoms with Crippen molar-refractivity contribution in [1.29, 1.82) is 0 Å². The Kier molecular flexibility index (Phi) is 8.29. The molecule has 37 heavy (non-hydrogen) atoms. The lowest BCUT2D eigenvalue weighted by Gasteiger charge is -2.49. The maximum atomic E-state index is 13.9. The van der Waals surface area contributed by atoms with Crippen LogP contribution in [0.25, 0.3) is 0 Å². The molecule has 1 aliphatic carbocycles. The van der Waals surface area contributed by atoms with E-state index in [1.807, 2.05) is 38.8 Å². The van der Waals surface area contributed by atoms with Gasteiger partial charge in [-0.25, -0.2) is 14.4 Å². The maximum absolute atomic E-state index is 13.9. The van der Waals surface area contributed by atoms with Crippen molar-refractivity contribution in [2.75, 3.05) is 6.79 Å². The standard InChI is InChI=1S/C28H37ClFN5O2/c1-6-24-25(33-20-10-8-7-9-11-20)21(27(31)34-23-14-19(30)12-13-22(23)29)15-32-35(24)28(5)18(4)36-16-37-26(28)17(2)3/h6,12-15,18,20,33H,7-11,16H2,1-5H3,(H2,31,34)/b24-6-/t18-,28?/m0/s1. The summed E-state index contributed by atoms with van der Waals surface area (Å²) in [4.78, 5) is 4.50. The van der Waals surface area contributed by atoms with Crippen molar-refractivity contribution in [3.63, 3.8) is 0 Å². The third-order valence-electron chi connectivity index (χ3n) is 7.37. The summed E-state index contributed by atoms with van der Waals surface area (Å²) in [6.45, 7) is 10.3. The molecule has 200 valence electrons. The Morgan fingerprint density at radius 1 is 1.30 bits per heavy atom. The van der Waals surface area contributed by atoms with Gasteiger partial charge < -0.3 is 20.5 Å². The number of nitrogens with two attached hydrogens (primary N) is 1. The number of ether oxygens (including phenoxy) is 2. The van der Waals surface area contributed by atoms with Gasteiger partial charge >= 0.3 is 0 Å². The SMILES string of the molecule is C/C=C1C(NC2CCCCC2)=C(/C(N)=N/c2cc(F)ccc2Cl)C=NN/1C1(C)C(=C(C)C)OCO[C@H]1C. The van der Waals surface area contributed by atoms with Crippen LogP contribution in [-0.2, 0) is 9.47 Å². The molecule has 0 spiro atoms. The second kappa shape index (κ2) is 11.3. The van der Waals surface area contributed by atoms with Crippen molar-refractivity contribution in [2.24, 2.45) is 15.8 Å². The summed E-state index contributed by atoms with van der Waals surface area (Å²) in [7, 11) is 0. The molecule has 1 saturated heterocycles. The van der Waals surface area contributed by atoms with Crippen molar-refractivity contribution in [3.05, 3.63) is 63.4 Å². The average Bonchev–Trinajstić information content (AvgIpc) is 2.88. The molecule has 0 bridgehead atoms. The van der Waals surface area contributed by atoms with Crippen LogP contribution in [-0.4, -0.2) is 41.5 Å². The molecule has 0 aromatic heterocycles. The molecule has 9 heteroatoms. The van der Waals surface area contributed by atoms with Crippen LogP contribution in [0, 0.1) is 5.82 Å². The summed E-state index contributed by atoms with van der Waals surface area (Å²) in [5, 5.41) is 10.9. The molecule has 1 aromatic rings. The van der Waals surface area contributed by atoms with Gasteiger partial charge in [-0.05, 0) is 65.2 Å². The number of benzene rings is 1. The number of amidine groups is 1. The number of hydrogen-bond acceptors (Lipinski definition) is 6. The minimum Gasteiger partial charge on any atom is -0.469 e. The van der Waals surface area contributed by atoms with E-state index in [2.05, 4.69) is 17.2 Å². The van der Waals surface area contributed by atoms with Crippen LogP contribution in [0.4, 0.5) is 10.1 Å². The maximum Gasteiger partial charge on any atom is 0.189 e. The number of aliphatic imine (C=N–C) groups is 1. The molecule has 2 fully saturated rings. The van der Waals surface area contributed by atoms with Crippen LogP contribution in [0.1, 0.15) is 66.7 Å². The number of hydrogen-bond donors (Lipinski definition) is 2. The van der Waals surface area contributed by atoms with E-state index in [0.717, 1.165) is 35.6 Å². The van der Waals surface area contributed by atoms with Gasteiger partial charge in [0, 0.05) is 12.1 Å². The van der Waals surface area contributed by atoms with Crippen molar-refractivity contribution < 1.29 is 13.9 Å². The topological polar surface area (TPSA) is 84.5 Å². The first-order valence-electron chi connectivity index (χ1n) is 12.9. The zero-order valence-corrected chi connectivity index (χ0v) is 23.0. The van der Waals surface area contributed by atoms with Crippen LogP contribution in [0.15, 0.2) is 62.7 Å². The minimum absolute atomic E-state index is 0.197. The van der Waals surface area contributed by atoms with E-state index in [4.69, 9.17) is 31.9 Å². The highest BCUT2D eigenvalue weighted by Crippen LogP contribution is 2.42. The van der Waals surface area contributed by atoms with E-state index in [-0.39, 0.29) is 24.4 Å². The van der Waals surface area contributed by atoms with Crippen LogP contribution in [0.2, 0.25) is 5.02 Å². The number of nitrogens with one attached hydrogen (secondary N) is 1. The van der Waals surface area contributed by atoms with Crippen LogP contribution in [0.3, 0.4) is 0 Å². The molecule has 1 aromatic carbocycles. The lowest BCUT2D eigenvalue weighted by molar-refractivity contribution is -0.166. The van der Waals surface area contributed by atoms with Gasteiger partial charge in [0.1, 0.15) is 23.0 Å². The van der Waals surface area contributed by atoms with Gasteiger partial charge in [0.25, 0.3) is 0 Å². The van der Waals surface area contributed by atoms with Gasteiger partial charge in [0.05, 0.1) is 40.0 Å². The fourth-order valence-electron chi connectivity index (χ4n) is 5.29. The minimum atomic E-state index is -0.696. The average molecular weight is 530 g/mol. The van der Waals surface area contributed by atoms with Gasteiger partial charge in [-0.3, -0.25) is 0 Å². The van der Waals surface area contributed by atoms with E-state index >= 15 is 0 Å². The molecule has 2 aliphatic heterocycles. The molecule has 7 nitrogen and oxygen atoms in total. The van der Waals surface area contributed by atoms with Gasteiger partial charge in [-0.1, -0.05) is 36.9 Å². The Morgan fingerprint density at radius 2 is 2.03 bits per heavy atom. The van der Waals surface area contributed by atoms with E-state index in [1.54, 1.807) is 6.21 Å². The van der Waals surface area contributed by atoms with Crippen molar-refractivity contribution >= 4 is 29.3 Å². The van der Waals surface area contributed by atoms with Crippen molar-refractivity contribution in [1.82, 2.24) is 10.3 Å². The molecule has 3 N–H and O–H groups in total. The molecule has 1 saturated carbocycles. The molecular weight excluding hydrogens is 493 g/mol. The Morgan fingerprint density at radius 3 is 2.70 bits per heavy atom. The van der Waals surface area contributed by atoms with Crippen LogP contribution in [0.5, 0.6) is 0 Å². The molecule has 2 atom stereocenters. The zero-order chi connectivity index (χ0) is 26.7. The van der Waals surface area contributed by atoms with Gasteiger partial charge in [-0.15, -0.1) is 0 Å². The summed E-state index contributed by atoms with van der Waals surface area (Å²) < 4.78 is 25.9. The molecular formula is C28H37ClFN5O2. The zero-order valence-electron chi connectivity index (χ0n) is 22.3. The van der Waals surface area contributed by atoms with Gasteiger partial charge in [0.15, 0.2) is 6.79 Å². The molecule has 1 unspecified atom stereocenters. The predicted molar refractivity (Wildman–Crippen MR) is 147 cm³/mol. The fourth-order valence-corrected chi connectivity index (χ4v) is 5.45. The summed E-state index contributed by atoms with van der Waals surface area (Å²) in [6.07, 6.45) is 9.23. The van der Waals surface area contributed by atoms with Gasteiger partial charge in [0.2, 0.25) is 0 Å². The first kappa shape index (κ1) is 27.2. The number of hydrazone groups is 1. The Bertz CT molecular complexity index is 1180. The second-order valence-electron chi connectivity index (χ2n) is 10.1. The highest BCUT2D eigenvalue weighted by atomic mass is 35.5. The Hall–Kier alpha value is -2.84. The molecule has 2 heterocycles. The summed E-state index contributed by atoms with van der Waals surface area (Å²) in [5.41, 5.74) is 9.47. The number of nitrogens with zero attached hydrogens (tertiary/aromatic N) is 3. The number of halogens is 2. The smallest absolute Gasteiger partial charge is 0.189 e. The highest BCUT2D eigenvalue weighted by molar-refractivity contribution is 6.33. The third kappa shape index (κ3) is 5.41. The first-order chi connectivity index (χ1) is 17.7. The van der Waals surface area contributed by atoms with Crippen molar-refractivity contribution in [3.8, 4) is 0 Å². The molecule has 0 amide bonds.